The van der Waals surface area contributed by atoms with Crippen LogP contribution in [0.4, 0.5) is 0 Å². The quantitative estimate of drug-likeness (QED) is 0.901. The highest BCUT2D eigenvalue weighted by molar-refractivity contribution is 5.20. The molecule has 3 atom stereocenters. The molecule has 1 saturated carbocycles. The fraction of sp³-hybridized carbons (Fsp3) is 0.625. The highest BCUT2D eigenvalue weighted by Crippen LogP contribution is 2.28. The van der Waals surface area contributed by atoms with Gasteiger partial charge in [0.1, 0.15) is 0 Å². The number of ether oxygens (including phenoxy) is 1. The third-order valence-corrected chi connectivity index (χ3v) is 4.62. The van der Waals surface area contributed by atoms with Crippen LogP contribution in [0.5, 0.6) is 0 Å². The monoisotopic (exact) mass is 260 g/mol. The Morgan fingerprint density at radius 1 is 1.21 bits per heavy atom. The van der Waals surface area contributed by atoms with E-state index in [0.29, 0.717) is 12.1 Å². The van der Waals surface area contributed by atoms with Crippen LogP contribution in [-0.2, 0) is 4.74 Å². The summed E-state index contributed by atoms with van der Waals surface area (Å²) in [6.07, 6.45) is 4.20. The summed E-state index contributed by atoms with van der Waals surface area (Å²) in [7, 11) is 1.84. The standard InChI is InChI=1S/C16H24N2O/c1-19-15-8-7-14(11-15)18-10-9-17-16(12-18)13-5-3-2-4-6-13/h2-6,14-17H,7-12H2,1H3. The molecular formula is C16H24N2O. The Kier molecular flexibility index (Phi) is 4.16. The molecule has 0 aromatic heterocycles. The van der Waals surface area contributed by atoms with Crippen molar-refractivity contribution < 1.29 is 4.74 Å². The molecule has 1 aromatic carbocycles. The van der Waals surface area contributed by atoms with Gasteiger partial charge in [0.15, 0.2) is 0 Å². The van der Waals surface area contributed by atoms with E-state index in [1.54, 1.807) is 0 Å². The first-order valence-corrected chi connectivity index (χ1v) is 7.42. The average Bonchev–Trinajstić information content (AvgIpc) is 2.97. The fourth-order valence-corrected chi connectivity index (χ4v) is 3.48. The first-order valence-electron chi connectivity index (χ1n) is 7.42. The number of hydrogen-bond acceptors (Lipinski definition) is 3. The molecule has 0 spiro atoms. The third kappa shape index (κ3) is 2.99. The maximum Gasteiger partial charge on any atom is 0.0586 e. The molecule has 3 unspecified atom stereocenters. The predicted octanol–water partition coefficient (Wildman–Crippen LogP) is 2.20. The van der Waals surface area contributed by atoms with Gasteiger partial charge in [-0.3, -0.25) is 4.90 Å². The second-order valence-corrected chi connectivity index (χ2v) is 5.74. The average molecular weight is 260 g/mol. The number of nitrogens with one attached hydrogen (secondary N) is 1. The zero-order valence-electron chi connectivity index (χ0n) is 11.7. The van der Waals surface area contributed by atoms with Crippen LogP contribution in [0.25, 0.3) is 0 Å². The summed E-state index contributed by atoms with van der Waals surface area (Å²) in [4.78, 5) is 2.66. The lowest BCUT2D eigenvalue weighted by Crippen LogP contribution is -2.49. The zero-order valence-corrected chi connectivity index (χ0v) is 11.7. The molecule has 1 aromatic rings. The molecule has 0 bridgehead atoms. The topological polar surface area (TPSA) is 24.5 Å². The first kappa shape index (κ1) is 13.1. The van der Waals surface area contributed by atoms with E-state index in [1.807, 2.05) is 7.11 Å². The van der Waals surface area contributed by atoms with E-state index in [9.17, 15) is 0 Å². The van der Waals surface area contributed by atoms with Crippen molar-refractivity contribution in [2.45, 2.75) is 37.5 Å². The Morgan fingerprint density at radius 3 is 2.79 bits per heavy atom. The molecule has 0 amide bonds. The lowest BCUT2D eigenvalue weighted by atomic mass is 10.0. The van der Waals surface area contributed by atoms with Gasteiger partial charge in [0.25, 0.3) is 0 Å². The molecule has 1 heterocycles. The highest BCUT2D eigenvalue weighted by Gasteiger charge is 2.32. The summed E-state index contributed by atoms with van der Waals surface area (Å²) in [6, 6.07) is 12.0. The van der Waals surface area contributed by atoms with Gasteiger partial charge in [0, 0.05) is 38.8 Å². The van der Waals surface area contributed by atoms with Crippen molar-refractivity contribution >= 4 is 0 Å². The third-order valence-electron chi connectivity index (χ3n) is 4.62. The molecule has 3 rings (SSSR count). The van der Waals surface area contributed by atoms with E-state index in [-0.39, 0.29) is 0 Å². The fourth-order valence-electron chi connectivity index (χ4n) is 3.48. The molecule has 3 nitrogen and oxygen atoms in total. The van der Waals surface area contributed by atoms with Gasteiger partial charge in [-0.1, -0.05) is 30.3 Å². The Morgan fingerprint density at radius 2 is 2.05 bits per heavy atom. The second kappa shape index (κ2) is 6.04. The largest absolute Gasteiger partial charge is 0.381 e. The Hall–Kier alpha value is -0.900. The van der Waals surface area contributed by atoms with Crippen LogP contribution in [-0.4, -0.2) is 43.8 Å². The SMILES string of the molecule is COC1CCC(N2CCNC(c3ccccc3)C2)C1. The zero-order chi connectivity index (χ0) is 13.1. The molecule has 104 valence electrons. The molecular weight excluding hydrogens is 236 g/mol. The van der Waals surface area contributed by atoms with Crippen LogP contribution >= 0.6 is 0 Å². The van der Waals surface area contributed by atoms with Crippen molar-refractivity contribution in [1.29, 1.82) is 0 Å². The van der Waals surface area contributed by atoms with E-state index in [2.05, 4.69) is 40.5 Å². The van der Waals surface area contributed by atoms with Crippen molar-refractivity contribution in [2.75, 3.05) is 26.7 Å². The van der Waals surface area contributed by atoms with Gasteiger partial charge in [-0.2, -0.15) is 0 Å². The van der Waals surface area contributed by atoms with Crippen LogP contribution in [0.15, 0.2) is 30.3 Å². The number of methoxy groups -OCH3 is 1. The van der Waals surface area contributed by atoms with Crippen molar-refractivity contribution in [2.24, 2.45) is 0 Å². The van der Waals surface area contributed by atoms with E-state index in [4.69, 9.17) is 4.74 Å². The van der Waals surface area contributed by atoms with E-state index < -0.39 is 0 Å². The van der Waals surface area contributed by atoms with Gasteiger partial charge < -0.3 is 10.1 Å². The smallest absolute Gasteiger partial charge is 0.0586 e. The van der Waals surface area contributed by atoms with E-state index >= 15 is 0 Å². The van der Waals surface area contributed by atoms with Crippen LogP contribution in [0, 0.1) is 0 Å². The maximum atomic E-state index is 5.50. The van der Waals surface area contributed by atoms with Gasteiger partial charge in [-0.25, -0.2) is 0 Å². The molecule has 2 fully saturated rings. The predicted molar refractivity (Wildman–Crippen MR) is 77.2 cm³/mol. The molecule has 0 radical (unpaired) electrons. The lowest BCUT2D eigenvalue weighted by Gasteiger charge is -2.37. The van der Waals surface area contributed by atoms with Crippen molar-refractivity contribution in [3.05, 3.63) is 35.9 Å². The number of hydrogen-bond donors (Lipinski definition) is 1. The van der Waals surface area contributed by atoms with Crippen LogP contribution < -0.4 is 5.32 Å². The number of piperazine rings is 1. The Bertz CT molecular complexity index is 395. The summed E-state index contributed by atoms with van der Waals surface area (Å²) in [6.45, 7) is 3.39. The summed E-state index contributed by atoms with van der Waals surface area (Å²) in [5.41, 5.74) is 1.41. The number of nitrogens with zero attached hydrogens (tertiary/aromatic N) is 1. The van der Waals surface area contributed by atoms with Gasteiger partial charge >= 0.3 is 0 Å². The molecule has 2 aliphatic rings. The van der Waals surface area contributed by atoms with Gasteiger partial charge in [-0.05, 0) is 24.8 Å². The number of benzene rings is 1. The summed E-state index contributed by atoms with van der Waals surface area (Å²) >= 11 is 0. The molecule has 1 aliphatic carbocycles. The molecule has 1 saturated heterocycles. The summed E-state index contributed by atoms with van der Waals surface area (Å²) < 4.78 is 5.50. The van der Waals surface area contributed by atoms with Crippen molar-refractivity contribution in [1.82, 2.24) is 10.2 Å². The maximum absolute atomic E-state index is 5.50. The minimum Gasteiger partial charge on any atom is -0.381 e. The minimum absolute atomic E-state index is 0.482. The summed E-state index contributed by atoms with van der Waals surface area (Å²) in [5, 5.41) is 3.64. The van der Waals surface area contributed by atoms with Crippen LogP contribution in [0.2, 0.25) is 0 Å². The van der Waals surface area contributed by atoms with Gasteiger partial charge in [0.05, 0.1) is 6.10 Å². The van der Waals surface area contributed by atoms with E-state index in [1.165, 1.54) is 31.4 Å². The van der Waals surface area contributed by atoms with Crippen molar-refractivity contribution in [3.8, 4) is 0 Å². The highest BCUT2D eigenvalue weighted by atomic mass is 16.5. The van der Waals surface area contributed by atoms with Crippen molar-refractivity contribution in [3.63, 3.8) is 0 Å². The number of rotatable bonds is 3. The molecule has 1 aliphatic heterocycles. The van der Waals surface area contributed by atoms with Gasteiger partial charge in [-0.15, -0.1) is 0 Å². The van der Waals surface area contributed by atoms with Crippen LogP contribution in [0.3, 0.4) is 0 Å². The summed E-state index contributed by atoms with van der Waals surface area (Å²) in [5.74, 6) is 0. The molecule has 3 heteroatoms. The second-order valence-electron chi connectivity index (χ2n) is 5.74. The Labute approximate surface area is 115 Å². The van der Waals surface area contributed by atoms with Gasteiger partial charge in [0.2, 0.25) is 0 Å². The minimum atomic E-state index is 0.482. The molecule has 1 N–H and O–H groups in total. The molecule has 19 heavy (non-hydrogen) atoms. The lowest BCUT2D eigenvalue weighted by molar-refractivity contribution is 0.0893. The first-order chi connectivity index (χ1) is 9.36. The Balaban J connectivity index is 1.62. The normalized spacial score (nSPS) is 32.6. The van der Waals surface area contributed by atoms with E-state index in [0.717, 1.165) is 19.1 Å². The van der Waals surface area contributed by atoms with Crippen LogP contribution in [0.1, 0.15) is 30.9 Å².